The Labute approximate surface area is 248 Å². The molecule has 13 nitrogen and oxygen atoms in total. The molecule has 0 saturated heterocycles. The van der Waals surface area contributed by atoms with Crippen LogP contribution in [0.25, 0.3) is 22.4 Å². The van der Waals surface area contributed by atoms with Crippen molar-refractivity contribution in [1.82, 2.24) is 45.4 Å². The lowest BCUT2D eigenvalue weighted by Gasteiger charge is -2.34. The molecule has 0 fully saturated rings. The quantitative estimate of drug-likeness (QED) is 0.230. The van der Waals surface area contributed by atoms with Gasteiger partial charge in [-0.1, -0.05) is 25.4 Å². The summed E-state index contributed by atoms with van der Waals surface area (Å²) in [7, 11) is 0. The zero-order chi connectivity index (χ0) is 30.5. The van der Waals surface area contributed by atoms with Gasteiger partial charge in [-0.15, -0.1) is 5.10 Å². The maximum Gasteiger partial charge on any atom is 0.407 e. The molecule has 43 heavy (non-hydrogen) atoms. The second-order valence-electron chi connectivity index (χ2n) is 10.5. The first kappa shape index (κ1) is 28.0. The number of Topliss-reactive ketones (excluding diaryl/α,β-unsaturated/α-hetero) is 1. The molecule has 2 aliphatic rings. The Balaban J connectivity index is 1.31. The van der Waals surface area contributed by atoms with Crippen LogP contribution >= 0.6 is 11.6 Å². The van der Waals surface area contributed by atoms with Crippen molar-refractivity contribution in [2.45, 2.75) is 38.4 Å². The molecular formula is C28H25ClFN9O4. The first-order valence-corrected chi connectivity index (χ1v) is 13.7. The van der Waals surface area contributed by atoms with Crippen LogP contribution in [0.4, 0.5) is 9.18 Å². The van der Waals surface area contributed by atoms with Crippen LogP contribution < -0.4 is 16.2 Å². The Hall–Kier alpha value is -5.11. The van der Waals surface area contributed by atoms with Crippen molar-refractivity contribution in [2.24, 2.45) is 5.92 Å². The topological polar surface area (TPSA) is 173 Å². The van der Waals surface area contributed by atoms with Gasteiger partial charge in [0.2, 0.25) is 5.95 Å². The number of hydrogen-bond acceptors (Lipinski definition) is 8. The van der Waals surface area contributed by atoms with Crippen LogP contribution in [0.15, 0.2) is 65.8 Å². The van der Waals surface area contributed by atoms with E-state index in [2.05, 4.69) is 36.1 Å². The Morgan fingerprint density at radius 3 is 2.77 bits per heavy atom. The number of carbonyl (C=O) groups excluding carboxylic acids is 1. The second-order valence-corrected chi connectivity index (χ2v) is 11.0. The zero-order valence-corrected chi connectivity index (χ0v) is 23.6. The number of aromatic nitrogens is 7. The molecule has 2 unspecified atom stereocenters. The first-order valence-electron chi connectivity index (χ1n) is 13.3. The number of carboxylic acid groups (broad SMARTS) is 1. The monoisotopic (exact) mass is 605 g/mol. The average molecular weight is 606 g/mol. The van der Waals surface area contributed by atoms with Gasteiger partial charge < -0.3 is 20.0 Å². The number of hydrogen-bond donors (Lipinski definition) is 4. The maximum atomic E-state index is 15.4. The molecule has 2 atom stereocenters. The van der Waals surface area contributed by atoms with Crippen LogP contribution in [0.5, 0.6) is 0 Å². The van der Waals surface area contributed by atoms with Gasteiger partial charge in [0.15, 0.2) is 11.4 Å². The lowest BCUT2D eigenvalue weighted by Crippen LogP contribution is -2.63. The van der Waals surface area contributed by atoms with Gasteiger partial charge in [-0.3, -0.25) is 14.9 Å². The van der Waals surface area contributed by atoms with Crippen molar-refractivity contribution in [1.29, 1.82) is 0 Å². The van der Waals surface area contributed by atoms with E-state index in [9.17, 15) is 19.5 Å². The molecular weight excluding hydrogens is 581 g/mol. The zero-order valence-electron chi connectivity index (χ0n) is 22.9. The number of halogens is 2. The summed E-state index contributed by atoms with van der Waals surface area (Å²) in [5.41, 5.74) is 1.21. The summed E-state index contributed by atoms with van der Waals surface area (Å²) in [4.78, 5) is 45.1. The summed E-state index contributed by atoms with van der Waals surface area (Å²) in [5, 5.41) is 25.6. The number of amides is 1. The number of aromatic amines is 1. The number of allylic oxidation sites excluding steroid dienone is 2. The predicted octanol–water partition coefficient (Wildman–Crippen LogP) is 3.39. The van der Waals surface area contributed by atoms with E-state index in [4.69, 9.17) is 11.6 Å². The molecule has 0 aliphatic carbocycles. The molecule has 6 rings (SSSR count). The number of H-pyrrole nitrogens is 1. The Morgan fingerprint density at radius 1 is 1.26 bits per heavy atom. The van der Waals surface area contributed by atoms with Crippen molar-refractivity contribution in [3.05, 3.63) is 93.5 Å². The van der Waals surface area contributed by atoms with Gasteiger partial charge in [-0.25, -0.2) is 9.78 Å². The second kappa shape index (κ2) is 10.6. The molecule has 1 amide bonds. The Kier molecular flexibility index (Phi) is 6.92. The van der Waals surface area contributed by atoms with Crippen molar-refractivity contribution >= 4 is 29.1 Å². The van der Waals surface area contributed by atoms with Gasteiger partial charge in [0.1, 0.15) is 12.2 Å². The van der Waals surface area contributed by atoms with Gasteiger partial charge >= 0.3 is 6.09 Å². The van der Waals surface area contributed by atoms with Crippen LogP contribution in [0.3, 0.4) is 0 Å². The van der Waals surface area contributed by atoms with E-state index >= 15 is 4.39 Å². The third kappa shape index (κ3) is 4.99. The smallest absolute Gasteiger partial charge is 0.407 e. The number of ketones is 1. The lowest BCUT2D eigenvalue weighted by molar-refractivity contribution is -0.127. The summed E-state index contributed by atoms with van der Waals surface area (Å²) >= 11 is 6.29. The SMILES string of the molecule is CC(C)C(=O)C1(NC(=O)O)C=CC(c2ncc(C3CCc4cc(-c5cc(Cl)ccc5-n5cnnn5)cc(=O)n43)[nH]2)=C(F)N1. The minimum absolute atomic E-state index is 0.00243. The van der Waals surface area contributed by atoms with E-state index in [0.29, 0.717) is 40.4 Å². The average Bonchev–Trinajstić information content (AvgIpc) is 3.73. The lowest BCUT2D eigenvalue weighted by atomic mass is 9.92. The van der Waals surface area contributed by atoms with Crippen LogP contribution in [-0.4, -0.2) is 57.4 Å². The number of dihydropyridines is 1. The van der Waals surface area contributed by atoms with Crippen LogP contribution in [0.2, 0.25) is 5.02 Å². The summed E-state index contributed by atoms with van der Waals surface area (Å²) in [6.45, 7) is 3.18. The molecule has 15 heteroatoms. The third-order valence-electron chi connectivity index (χ3n) is 7.47. The van der Waals surface area contributed by atoms with E-state index in [1.807, 2.05) is 6.07 Å². The number of benzene rings is 1. The molecule has 2 aliphatic heterocycles. The molecule has 1 aromatic carbocycles. The first-order chi connectivity index (χ1) is 20.6. The highest BCUT2D eigenvalue weighted by Gasteiger charge is 2.42. The Morgan fingerprint density at radius 2 is 2.07 bits per heavy atom. The van der Waals surface area contributed by atoms with E-state index in [1.165, 1.54) is 35.4 Å². The van der Waals surface area contributed by atoms with E-state index in [-0.39, 0.29) is 23.0 Å². The number of nitrogens with one attached hydrogen (secondary N) is 3. The fraction of sp³-hybridized carbons (Fsp3) is 0.250. The molecule has 0 bridgehead atoms. The minimum Gasteiger partial charge on any atom is -0.465 e. The van der Waals surface area contributed by atoms with E-state index < -0.39 is 29.4 Å². The molecule has 3 aromatic heterocycles. The summed E-state index contributed by atoms with van der Waals surface area (Å²) in [6.07, 6.45) is 5.27. The largest absolute Gasteiger partial charge is 0.465 e. The number of aryl methyl sites for hydroxylation is 1. The summed E-state index contributed by atoms with van der Waals surface area (Å²) in [6, 6.07) is 8.31. The van der Waals surface area contributed by atoms with Crippen molar-refractivity contribution in [3.63, 3.8) is 0 Å². The molecule has 0 saturated carbocycles. The van der Waals surface area contributed by atoms with Gasteiger partial charge in [0.05, 0.1) is 29.2 Å². The highest BCUT2D eigenvalue weighted by molar-refractivity contribution is 6.31. The van der Waals surface area contributed by atoms with E-state index in [0.717, 1.165) is 5.69 Å². The number of tetrazole rings is 1. The van der Waals surface area contributed by atoms with Crippen molar-refractivity contribution < 1.29 is 19.1 Å². The molecule has 0 radical (unpaired) electrons. The number of fused-ring (bicyclic) bond motifs is 1. The summed E-state index contributed by atoms with van der Waals surface area (Å²) in [5.74, 6) is -1.91. The normalized spacial score (nSPS) is 19.4. The predicted molar refractivity (Wildman–Crippen MR) is 153 cm³/mol. The van der Waals surface area contributed by atoms with Crippen molar-refractivity contribution in [3.8, 4) is 16.8 Å². The number of pyridine rings is 1. The van der Waals surface area contributed by atoms with E-state index in [1.54, 1.807) is 36.6 Å². The van der Waals surface area contributed by atoms with Gasteiger partial charge in [-0.05, 0) is 65.2 Å². The molecule has 5 heterocycles. The molecule has 4 aromatic rings. The van der Waals surface area contributed by atoms with Crippen LogP contribution in [-0.2, 0) is 11.2 Å². The number of rotatable bonds is 7. The highest BCUT2D eigenvalue weighted by Crippen LogP contribution is 2.35. The number of imidazole rings is 1. The standard InChI is InChI=1S/C28H25ClFN9O4/c1-14(2)24(41)28(35-27(42)43)8-7-18(25(30)34-28)26-31-12-20(33-26)22-6-4-17-9-15(10-23(40)39(17)22)19-11-16(29)3-5-21(19)38-13-32-36-37-38/h3,5,7-14,22,34-35H,4,6H2,1-2H3,(H,31,33)(H,42,43). The molecule has 4 N–H and O–H groups in total. The highest BCUT2D eigenvalue weighted by atomic mass is 35.5. The van der Waals surface area contributed by atoms with Crippen molar-refractivity contribution in [2.75, 3.05) is 0 Å². The number of nitrogens with zero attached hydrogens (tertiary/aromatic N) is 6. The maximum absolute atomic E-state index is 15.4. The fourth-order valence-electron chi connectivity index (χ4n) is 5.55. The minimum atomic E-state index is -1.95. The van der Waals surface area contributed by atoms with Crippen LogP contribution in [0.1, 0.15) is 43.5 Å². The van der Waals surface area contributed by atoms with Gasteiger partial charge in [-0.2, -0.15) is 9.07 Å². The fourth-order valence-corrected chi connectivity index (χ4v) is 5.72. The van der Waals surface area contributed by atoms with Gasteiger partial charge in [0.25, 0.3) is 5.56 Å². The van der Waals surface area contributed by atoms with Crippen LogP contribution in [0, 0.1) is 5.92 Å². The van der Waals surface area contributed by atoms with Gasteiger partial charge in [0, 0.05) is 28.3 Å². The molecule has 220 valence electrons. The third-order valence-corrected chi connectivity index (χ3v) is 7.70. The summed E-state index contributed by atoms with van der Waals surface area (Å²) < 4.78 is 18.5. The Bertz CT molecular complexity index is 1880. The number of carbonyl (C=O) groups is 2. The molecule has 0 spiro atoms.